The molecule has 1 atom stereocenters. The molecule has 0 aliphatic rings. The number of benzene rings is 1. The van der Waals surface area contributed by atoms with Crippen LogP contribution in [0.25, 0.3) is 0 Å². The molecule has 0 fully saturated rings. The monoisotopic (exact) mass is 297 g/mol. The Morgan fingerprint density at radius 3 is 2.70 bits per heavy atom. The van der Waals surface area contributed by atoms with Crippen molar-refractivity contribution in [2.45, 2.75) is 32.4 Å². The summed E-state index contributed by atoms with van der Waals surface area (Å²) in [6.45, 7) is 5.58. The van der Waals surface area contributed by atoms with Crippen molar-refractivity contribution in [2.24, 2.45) is 5.73 Å². The van der Waals surface area contributed by atoms with Gasteiger partial charge in [0.25, 0.3) is 0 Å². The van der Waals surface area contributed by atoms with Crippen LogP contribution in [0.5, 0.6) is 5.75 Å². The van der Waals surface area contributed by atoms with E-state index >= 15 is 0 Å². The number of hydrogen-bond acceptors (Lipinski definition) is 5. The van der Waals surface area contributed by atoms with Gasteiger partial charge in [0.05, 0.1) is 12.9 Å². The molecule has 112 valence electrons. The number of carbonyl (C=O) groups is 1. The standard InChI is InChI=1S/C15H23NO3S/c1-15(2,3)19-14(17)10-20-9-13(16)11-6-5-7-12(8-11)18-4/h5-8,13H,9-10,16H2,1-4H3. The number of esters is 1. The smallest absolute Gasteiger partial charge is 0.316 e. The molecule has 0 amide bonds. The lowest BCUT2D eigenvalue weighted by atomic mass is 10.1. The van der Waals surface area contributed by atoms with Gasteiger partial charge in [0.15, 0.2) is 0 Å². The Morgan fingerprint density at radius 1 is 1.40 bits per heavy atom. The summed E-state index contributed by atoms with van der Waals surface area (Å²) in [6, 6.07) is 7.54. The van der Waals surface area contributed by atoms with Crippen LogP contribution < -0.4 is 10.5 Å². The summed E-state index contributed by atoms with van der Waals surface area (Å²) in [7, 11) is 1.63. The van der Waals surface area contributed by atoms with Gasteiger partial charge in [-0.3, -0.25) is 4.79 Å². The molecule has 1 rings (SSSR count). The molecule has 0 radical (unpaired) electrons. The van der Waals surface area contributed by atoms with Crippen molar-refractivity contribution < 1.29 is 14.3 Å². The molecule has 1 unspecified atom stereocenters. The molecule has 0 aliphatic heterocycles. The quantitative estimate of drug-likeness (QED) is 0.818. The number of thioether (sulfide) groups is 1. The Morgan fingerprint density at radius 2 is 2.10 bits per heavy atom. The normalized spacial score (nSPS) is 12.8. The molecule has 0 saturated heterocycles. The Hall–Kier alpha value is -1.20. The van der Waals surface area contributed by atoms with E-state index < -0.39 is 5.60 Å². The number of hydrogen-bond donors (Lipinski definition) is 1. The van der Waals surface area contributed by atoms with Crippen LogP contribution in [0.4, 0.5) is 0 Å². The van der Waals surface area contributed by atoms with Gasteiger partial charge in [0.1, 0.15) is 11.4 Å². The third-order valence-corrected chi connectivity index (χ3v) is 3.49. The lowest BCUT2D eigenvalue weighted by molar-refractivity contribution is -0.151. The van der Waals surface area contributed by atoms with Crippen LogP contribution in [0.3, 0.4) is 0 Å². The highest BCUT2D eigenvalue weighted by Gasteiger charge is 2.16. The molecule has 4 nitrogen and oxygen atoms in total. The van der Waals surface area contributed by atoms with E-state index in [1.165, 1.54) is 11.8 Å². The van der Waals surface area contributed by atoms with Crippen LogP contribution in [0.1, 0.15) is 32.4 Å². The van der Waals surface area contributed by atoms with E-state index in [1.54, 1.807) is 7.11 Å². The predicted molar refractivity (Wildman–Crippen MR) is 83.1 cm³/mol. The van der Waals surface area contributed by atoms with Gasteiger partial charge in [-0.25, -0.2) is 0 Å². The van der Waals surface area contributed by atoms with E-state index in [0.717, 1.165) is 11.3 Å². The summed E-state index contributed by atoms with van der Waals surface area (Å²) in [5, 5.41) is 0. The minimum atomic E-state index is -0.438. The maximum atomic E-state index is 11.6. The van der Waals surface area contributed by atoms with Gasteiger partial charge in [-0.2, -0.15) is 0 Å². The second-order valence-electron chi connectivity index (χ2n) is 5.48. The van der Waals surface area contributed by atoms with Crippen molar-refractivity contribution >= 4 is 17.7 Å². The number of rotatable bonds is 6. The summed E-state index contributed by atoms with van der Waals surface area (Å²) >= 11 is 1.48. The SMILES string of the molecule is COc1cccc(C(N)CSCC(=O)OC(C)(C)C)c1. The average Bonchev–Trinajstić information content (AvgIpc) is 2.36. The van der Waals surface area contributed by atoms with Crippen LogP contribution in [-0.2, 0) is 9.53 Å². The van der Waals surface area contributed by atoms with Gasteiger partial charge in [0, 0.05) is 11.8 Å². The Balaban J connectivity index is 2.39. The Kier molecular flexibility index (Phi) is 6.36. The molecule has 5 heteroatoms. The summed E-state index contributed by atoms with van der Waals surface area (Å²) in [4.78, 5) is 11.6. The molecule has 20 heavy (non-hydrogen) atoms. The van der Waals surface area contributed by atoms with Crippen molar-refractivity contribution in [1.82, 2.24) is 0 Å². The molecular weight excluding hydrogens is 274 g/mol. The topological polar surface area (TPSA) is 61.5 Å². The molecule has 1 aromatic carbocycles. The van der Waals surface area contributed by atoms with E-state index in [9.17, 15) is 4.79 Å². The van der Waals surface area contributed by atoms with Gasteiger partial charge in [-0.15, -0.1) is 11.8 Å². The molecule has 0 aliphatic carbocycles. The first-order valence-corrected chi connectivity index (χ1v) is 7.66. The third-order valence-electron chi connectivity index (χ3n) is 2.46. The van der Waals surface area contributed by atoms with E-state index in [0.29, 0.717) is 11.5 Å². The summed E-state index contributed by atoms with van der Waals surface area (Å²) < 4.78 is 10.4. The minimum Gasteiger partial charge on any atom is -0.497 e. The van der Waals surface area contributed by atoms with Crippen molar-refractivity contribution in [3.63, 3.8) is 0 Å². The Bertz CT molecular complexity index is 443. The maximum absolute atomic E-state index is 11.6. The van der Waals surface area contributed by atoms with E-state index in [-0.39, 0.29) is 12.0 Å². The number of carbonyl (C=O) groups excluding carboxylic acids is 1. The first-order chi connectivity index (χ1) is 9.31. The largest absolute Gasteiger partial charge is 0.497 e. The summed E-state index contributed by atoms with van der Waals surface area (Å²) in [5.41, 5.74) is 6.67. The molecule has 2 N–H and O–H groups in total. The fraction of sp³-hybridized carbons (Fsp3) is 0.533. The number of ether oxygens (including phenoxy) is 2. The zero-order valence-corrected chi connectivity index (χ0v) is 13.3. The lowest BCUT2D eigenvalue weighted by Crippen LogP contribution is -2.25. The summed E-state index contributed by atoms with van der Waals surface area (Å²) in [5.74, 6) is 1.55. The van der Waals surface area contributed by atoms with Gasteiger partial charge < -0.3 is 15.2 Å². The second-order valence-corrected chi connectivity index (χ2v) is 6.51. The highest BCUT2D eigenvalue weighted by atomic mass is 32.2. The molecule has 0 bridgehead atoms. The summed E-state index contributed by atoms with van der Waals surface area (Å²) in [6.07, 6.45) is 0. The van der Waals surface area contributed by atoms with Crippen molar-refractivity contribution in [3.05, 3.63) is 29.8 Å². The van der Waals surface area contributed by atoms with Crippen molar-refractivity contribution in [1.29, 1.82) is 0 Å². The average molecular weight is 297 g/mol. The molecule has 1 aromatic rings. The maximum Gasteiger partial charge on any atom is 0.316 e. The first kappa shape index (κ1) is 16.9. The lowest BCUT2D eigenvalue weighted by Gasteiger charge is -2.19. The molecule has 0 saturated carbocycles. The van der Waals surface area contributed by atoms with Crippen LogP contribution >= 0.6 is 11.8 Å². The van der Waals surface area contributed by atoms with Crippen LogP contribution in [0.2, 0.25) is 0 Å². The van der Waals surface area contributed by atoms with Crippen LogP contribution in [-0.4, -0.2) is 30.2 Å². The second kappa shape index (κ2) is 7.55. The zero-order chi connectivity index (χ0) is 15.2. The van der Waals surface area contributed by atoms with E-state index in [4.69, 9.17) is 15.2 Å². The fourth-order valence-electron chi connectivity index (χ4n) is 1.61. The molecule has 0 spiro atoms. The highest BCUT2D eigenvalue weighted by molar-refractivity contribution is 7.99. The van der Waals surface area contributed by atoms with Gasteiger partial charge in [-0.1, -0.05) is 12.1 Å². The van der Waals surface area contributed by atoms with Crippen LogP contribution in [0.15, 0.2) is 24.3 Å². The Labute approximate surface area is 125 Å². The highest BCUT2D eigenvalue weighted by Crippen LogP contribution is 2.21. The third kappa shape index (κ3) is 6.30. The zero-order valence-electron chi connectivity index (χ0n) is 12.5. The minimum absolute atomic E-state index is 0.127. The molecular formula is C15H23NO3S. The number of nitrogens with two attached hydrogens (primary N) is 1. The first-order valence-electron chi connectivity index (χ1n) is 6.51. The van der Waals surface area contributed by atoms with Crippen molar-refractivity contribution in [2.75, 3.05) is 18.6 Å². The van der Waals surface area contributed by atoms with Gasteiger partial charge >= 0.3 is 5.97 Å². The predicted octanol–water partition coefficient (Wildman–Crippen LogP) is 2.77. The fourth-order valence-corrected chi connectivity index (χ4v) is 2.40. The van der Waals surface area contributed by atoms with Crippen molar-refractivity contribution in [3.8, 4) is 5.75 Å². The van der Waals surface area contributed by atoms with E-state index in [2.05, 4.69) is 0 Å². The molecule has 0 aromatic heterocycles. The van der Waals surface area contributed by atoms with E-state index in [1.807, 2.05) is 45.0 Å². The van der Waals surface area contributed by atoms with Crippen LogP contribution in [0, 0.1) is 0 Å². The van der Waals surface area contributed by atoms with Gasteiger partial charge in [-0.05, 0) is 38.5 Å². The van der Waals surface area contributed by atoms with Gasteiger partial charge in [0.2, 0.25) is 0 Å². The molecule has 0 heterocycles. The number of methoxy groups -OCH3 is 1.